The smallest absolute Gasteiger partial charge is 0.462 e. The van der Waals surface area contributed by atoms with Crippen LogP contribution in [-0.4, -0.2) is 49.3 Å². The van der Waals surface area contributed by atoms with Crippen LogP contribution in [0.25, 0.3) is 0 Å². The molecule has 2 atom stereocenters. The molecule has 0 radical (unpaired) electrons. The van der Waals surface area contributed by atoms with Gasteiger partial charge in [0.25, 0.3) is 0 Å². The molecule has 0 rings (SSSR count). The van der Waals surface area contributed by atoms with E-state index in [9.17, 15) is 19.0 Å². The van der Waals surface area contributed by atoms with E-state index in [2.05, 4.69) is 50.3 Å². The lowest BCUT2D eigenvalue weighted by molar-refractivity contribution is -0.161. The van der Waals surface area contributed by atoms with E-state index in [1.807, 2.05) is 0 Å². The highest BCUT2D eigenvalue weighted by molar-refractivity contribution is 7.47. The number of phosphoric ester groups is 1. The Hall–Kier alpha value is -1.77. The van der Waals surface area contributed by atoms with Gasteiger partial charge < -0.3 is 20.1 Å². The normalized spacial score (nSPS) is 13.7. The summed E-state index contributed by atoms with van der Waals surface area (Å²) >= 11 is 0. The number of esters is 2. The highest BCUT2D eigenvalue weighted by atomic mass is 31.2. The summed E-state index contributed by atoms with van der Waals surface area (Å²) in [6.07, 6.45) is 40.3. The van der Waals surface area contributed by atoms with Crippen LogP contribution in [0.1, 0.15) is 181 Å². The monoisotopic (exact) mass is 742 g/mol. The minimum Gasteiger partial charge on any atom is -0.462 e. The standard InChI is InChI=1S/C41H76NO8P/c1-3-5-7-9-11-13-15-17-19-21-23-25-27-29-31-33-40(43)47-37-39(38-49-51(45,46)48-36-35-42)50-41(44)34-32-30-28-26-24-22-20-18-16-14-12-10-8-6-4-2/h9,11,18,20,24,26,39H,3-8,10,12-17,19,21-23,25,27-38,42H2,1-2H3,(H,45,46)/b11-9+,20-18+,26-24+/t39-/m1/s1. The number of hydrogen-bond donors (Lipinski definition) is 2. The number of hydrogen-bond acceptors (Lipinski definition) is 8. The molecule has 0 spiro atoms. The molecule has 0 bridgehead atoms. The van der Waals surface area contributed by atoms with E-state index in [1.54, 1.807) is 0 Å². The summed E-state index contributed by atoms with van der Waals surface area (Å²) in [7, 11) is -4.38. The number of nitrogens with two attached hydrogens (primary N) is 1. The average molecular weight is 742 g/mol. The van der Waals surface area contributed by atoms with Gasteiger partial charge in [0.1, 0.15) is 6.61 Å². The van der Waals surface area contributed by atoms with Gasteiger partial charge in [-0.2, -0.15) is 0 Å². The van der Waals surface area contributed by atoms with Gasteiger partial charge in [-0.25, -0.2) is 4.57 Å². The molecule has 0 aromatic heterocycles. The van der Waals surface area contributed by atoms with Crippen molar-refractivity contribution in [3.05, 3.63) is 36.5 Å². The van der Waals surface area contributed by atoms with Gasteiger partial charge in [-0.1, -0.05) is 140 Å². The van der Waals surface area contributed by atoms with Crippen molar-refractivity contribution in [1.29, 1.82) is 0 Å². The molecule has 51 heavy (non-hydrogen) atoms. The molecule has 0 heterocycles. The van der Waals surface area contributed by atoms with Crippen molar-refractivity contribution in [2.75, 3.05) is 26.4 Å². The lowest BCUT2D eigenvalue weighted by atomic mass is 10.1. The van der Waals surface area contributed by atoms with E-state index >= 15 is 0 Å². The summed E-state index contributed by atoms with van der Waals surface area (Å²) in [5, 5.41) is 0. The first-order valence-electron chi connectivity index (χ1n) is 20.5. The molecule has 10 heteroatoms. The predicted molar refractivity (Wildman–Crippen MR) is 210 cm³/mol. The van der Waals surface area contributed by atoms with Gasteiger partial charge in [0, 0.05) is 19.4 Å². The Bertz CT molecular complexity index is 939. The zero-order valence-electron chi connectivity index (χ0n) is 32.6. The number of carbonyl (C=O) groups is 2. The number of unbranched alkanes of at least 4 members (excludes halogenated alkanes) is 19. The van der Waals surface area contributed by atoms with Crippen LogP contribution in [0, 0.1) is 0 Å². The van der Waals surface area contributed by atoms with Crippen LogP contribution in [0.5, 0.6) is 0 Å². The van der Waals surface area contributed by atoms with Crippen LogP contribution >= 0.6 is 7.82 Å². The van der Waals surface area contributed by atoms with Crippen molar-refractivity contribution in [3.8, 4) is 0 Å². The fraction of sp³-hybridized carbons (Fsp3) is 0.805. The maximum absolute atomic E-state index is 12.5. The molecule has 0 amide bonds. The highest BCUT2D eigenvalue weighted by Gasteiger charge is 2.25. The Morgan fingerprint density at radius 1 is 0.588 bits per heavy atom. The fourth-order valence-electron chi connectivity index (χ4n) is 5.41. The third kappa shape index (κ3) is 37.8. The third-order valence-corrected chi connectivity index (χ3v) is 9.48. The number of ether oxygens (including phenoxy) is 2. The van der Waals surface area contributed by atoms with Crippen LogP contribution in [0.15, 0.2) is 36.5 Å². The first-order chi connectivity index (χ1) is 24.8. The van der Waals surface area contributed by atoms with Crippen LogP contribution in [0.3, 0.4) is 0 Å². The van der Waals surface area contributed by atoms with Crippen LogP contribution in [0.4, 0.5) is 0 Å². The maximum Gasteiger partial charge on any atom is 0.472 e. The molecule has 0 aromatic rings. The number of rotatable bonds is 38. The van der Waals surface area contributed by atoms with E-state index < -0.39 is 32.5 Å². The summed E-state index contributed by atoms with van der Waals surface area (Å²) < 4.78 is 32.7. The van der Waals surface area contributed by atoms with Gasteiger partial charge in [-0.15, -0.1) is 0 Å². The molecule has 0 saturated carbocycles. The largest absolute Gasteiger partial charge is 0.472 e. The van der Waals surface area contributed by atoms with Crippen molar-refractivity contribution >= 4 is 19.8 Å². The Morgan fingerprint density at radius 2 is 1.04 bits per heavy atom. The minimum atomic E-state index is -4.38. The van der Waals surface area contributed by atoms with Crippen molar-refractivity contribution < 1.29 is 37.6 Å². The topological polar surface area (TPSA) is 134 Å². The van der Waals surface area contributed by atoms with Crippen LogP contribution < -0.4 is 5.73 Å². The van der Waals surface area contributed by atoms with E-state index in [1.165, 1.54) is 103 Å². The molecule has 0 aromatic carbocycles. The second kappa shape index (κ2) is 38.0. The third-order valence-electron chi connectivity index (χ3n) is 8.50. The lowest BCUT2D eigenvalue weighted by Crippen LogP contribution is -2.29. The van der Waals surface area contributed by atoms with Crippen molar-refractivity contribution in [3.63, 3.8) is 0 Å². The molecule has 298 valence electrons. The quantitative estimate of drug-likeness (QED) is 0.0274. The second-order valence-corrected chi connectivity index (χ2v) is 14.9. The Kier molecular flexibility index (Phi) is 36.7. The summed E-state index contributed by atoms with van der Waals surface area (Å²) in [4.78, 5) is 34.8. The van der Waals surface area contributed by atoms with Crippen molar-refractivity contribution in [2.45, 2.75) is 187 Å². The number of carbonyl (C=O) groups excluding carboxylic acids is 2. The fourth-order valence-corrected chi connectivity index (χ4v) is 6.17. The minimum absolute atomic E-state index is 0.0480. The molecule has 0 aliphatic rings. The zero-order chi connectivity index (χ0) is 37.5. The molecule has 0 fully saturated rings. The predicted octanol–water partition coefficient (Wildman–Crippen LogP) is 11.4. The summed E-state index contributed by atoms with van der Waals surface area (Å²) in [6, 6.07) is 0. The van der Waals surface area contributed by atoms with Gasteiger partial charge in [0.05, 0.1) is 13.2 Å². The van der Waals surface area contributed by atoms with E-state index in [4.69, 9.17) is 24.3 Å². The summed E-state index contributed by atoms with van der Waals surface area (Å²) in [5.74, 6) is -0.869. The maximum atomic E-state index is 12.5. The molecule has 0 aliphatic heterocycles. The van der Waals surface area contributed by atoms with Crippen LogP contribution in [0.2, 0.25) is 0 Å². The van der Waals surface area contributed by atoms with Gasteiger partial charge in [-0.3, -0.25) is 18.6 Å². The van der Waals surface area contributed by atoms with Gasteiger partial charge in [0.15, 0.2) is 6.10 Å². The van der Waals surface area contributed by atoms with Crippen molar-refractivity contribution in [2.24, 2.45) is 5.73 Å². The Labute approximate surface area is 312 Å². The lowest BCUT2D eigenvalue weighted by Gasteiger charge is -2.19. The highest BCUT2D eigenvalue weighted by Crippen LogP contribution is 2.43. The van der Waals surface area contributed by atoms with E-state index in [-0.39, 0.29) is 32.6 Å². The second-order valence-electron chi connectivity index (χ2n) is 13.5. The Morgan fingerprint density at radius 3 is 1.61 bits per heavy atom. The number of allylic oxidation sites excluding steroid dienone is 6. The molecule has 1 unspecified atom stereocenters. The van der Waals surface area contributed by atoms with Gasteiger partial charge in [0.2, 0.25) is 0 Å². The first-order valence-corrected chi connectivity index (χ1v) is 22.0. The Balaban J connectivity index is 4.24. The van der Waals surface area contributed by atoms with E-state index in [0.717, 1.165) is 44.9 Å². The zero-order valence-corrected chi connectivity index (χ0v) is 33.5. The van der Waals surface area contributed by atoms with Gasteiger partial charge in [-0.05, 0) is 64.2 Å². The number of phosphoric acid groups is 1. The molecule has 0 aliphatic carbocycles. The molecular weight excluding hydrogens is 665 g/mol. The first kappa shape index (κ1) is 49.2. The molecular formula is C41H76NO8P. The van der Waals surface area contributed by atoms with Gasteiger partial charge >= 0.3 is 19.8 Å². The van der Waals surface area contributed by atoms with E-state index in [0.29, 0.717) is 6.42 Å². The van der Waals surface area contributed by atoms with Crippen molar-refractivity contribution in [1.82, 2.24) is 0 Å². The molecule has 9 nitrogen and oxygen atoms in total. The molecule has 3 N–H and O–H groups in total. The summed E-state index contributed by atoms with van der Waals surface area (Å²) in [6.45, 7) is 3.65. The summed E-state index contributed by atoms with van der Waals surface area (Å²) in [5.41, 5.74) is 5.33. The average Bonchev–Trinajstić information content (AvgIpc) is 3.11. The SMILES string of the molecule is CCCC/C=C/CCCCCCCCCCCC(=O)OC[C@H](COP(=O)(O)OCCN)OC(=O)CCCC/C=C/C/C=C/CCCCCCCC. The van der Waals surface area contributed by atoms with Crippen LogP contribution in [-0.2, 0) is 32.7 Å². The molecule has 0 saturated heterocycles.